The zero-order valence-electron chi connectivity index (χ0n) is 15.9. The number of amides is 2. The summed E-state index contributed by atoms with van der Waals surface area (Å²) in [5, 5.41) is 9.85. The van der Waals surface area contributed by atoms with E-state index in [1.807, 2.05) is 0 Å². The molecule has 0 unspecified atom stereocenters. The van der Waals surface area contributed by atoms with Gasteiger partial charge in [0, 0.05) is 25.2 Å². The summed E-state index contributed by atoms with van der Waals surface area (Å²) in [5.74, 6) is -1.99. The maximum absolute atomic E-state index is 13.1. The molecule has 0 radical (unpaired) electrons. The monoisotopic (exact) mass is 386 g/mol. The SMILES string of the molecule is CCCN(CCNC(=O)N=Nc1ccc(F)c(F)c1)C1Cc2ccccc2C1. The van der Waals surface area contributed by atoms with Crippen LogP contribution in [-0.2, 0) is 12.8 Å². The molecule has 148 valence electrons. The zero-order valence-corrected chi connectivity index (χ0v) is 15.9. The van der Waals surface area contributed by atoms with Gasteiger partial charge in [-0.05, 0) is 49.1 Å². The number of hydrogen-bond donors (Lipinski definition) is 1. The molecule has 0 spiro atoms. The summed E-state index contributed by atoms with van der Waals surface area (Å²) in [6.07, 6.45) is 3.09. The lowest BCUT2D eigenvalue weighted by atomic mass is 10.1. The minimum absolute atomic E-state index is 0.0883. The van der Waals surface area contributed by atoms with Gasteiger partial charge in [0.15, 0.2) is 11.6 Å². The predicted molar refractivity (Wildman–Crippen MR) is 104 cm³/mol. The average Bonchev–Trinajstić information content (AvgIpc) is 3.12. The highest BCUT2D eigenvalue weighted by atomic mass is 19.2. The van der Waals surface area contributed by atoms with Gasteiger partial charge in [0.2, 0.25) is 0 Å². The van der Waals surface area contributed by atoms with Gasteiger partial charge in [-0.15, -0.1) is 5.11 Å². The molecular weight excluding hydrogens is 362 g/mol. The van der Waals surface area contributed by atoms with Crippen LogP contribution >= 0.6 is 0 Å². The van der Waals surface area contributed by atoms with Crippen molar-refractivity contribution in [2.45, 2.75) is 32.2 Å². The summed E-state index contributed by atoms with van der Waals surface area (Å²) in [6.45, 7) is 4.27. The Morgan fingerprint density at radius 3 is 2.46 bits per heavy atom. The van der Waals surface area contributed by atoms with Crippen molar-refractivity contribution in [2.24, 2.45) is 10.2 Å². The molecule has 2 aromatic carbocycles. The molecule has 0 aromatic heterocycles. The first-order valence-corrected chi connectivity index (χ1v) is 9.52. The Hall–Kier alpha value is -2.67. The summed E-state index contributed by atoms with van der Waals surface area (Å²) in [7, 11) is 0. The third kappa shape index (κ3) is 5.19. The van der Waals surface area contributed by atoms with Gasteiger partial charge in [-0.3, -0.25) is 4.90 Å². The van der Waals surface area contributed by atoms with Gasteiger partial charge in [0.25, 0.3) is 0 Å². The van der Waals surface area contributed by atoms with Gasteiger partial charge in [-0.2, -0.15) is 0 Å². The molecule has 1 N–H and O–H groups in total. The topological polar surface area (TPSA) is 57.1 Å². The Kier molecular flexibility index (Phi) is 6.81. The Bertz CT molecular complexity index is 831. The van der Waals surface area contributed by atoms with Gasteiger partial charge in [0.05, 0.1) is 5.69 Å². The Balaban J connectivity index is 1.48. The first kappa shape index (κ1) is 20.1. The maximum atomic E-state index is 13.1. The lowest BCUT2D eigenvalue weighted by Gasteiger charge is -2.28. The highest BCUT2D eigenvalue weighted by Gasteiger charge is 2.25. The second kappa shape index (κ2) is 9.50. The minimum atomic E-state index is -1.02. The van der Waals surface area contributed by atoms with Crippen LogP contribution in [0.4, 0.5) is 19.3 Å². The number of urea groups is 1. The van der Waals surface area contributed by atoms with E-state index in [-0.39, 0.29) is 5.69 Å². The summed E-state index contributed by atoms with van der Waals surface area (Å²) in [4.78, 5) is 14.2. The molecule has 0 bridgehead atoms. The second-order valence-corrected chi connectivity index (χ2v) is 6.90. The van der Waals surface area contributed by atoms with Crippen LogP contribution in [0.5, 0.6) is 0 Å². The van der Waals surface area contributed by atoms with Crippen LogP contribution in [0.2, 0.25) is 0 Å². The smallest absolute Gasteiger partial charge is 0.334 e. The van der Waals surface area contributed by atoms with Crippen LogP contribution in [0.25, 0.3) is 0 Å². The number of benzene rings is 2. The van der Waals surface area contributed by atoms with E-state index < -0.39 is 17.7 Å². The quantitative estimate of drug-likeness (QED) is 0.705. The second-order valence-electron chi connectivity index (χ2n) is 6.90. The van der Waals surface area contributed by atoms with Crippen molar-refractivity contribution in [3.8, 4) is 0 Å². The number of carbonyl (C=O) groups is 1. The van der Waals surface area contributed by atoms with Crippen LogP contribution in [-0.4, -0.2) is 36.6 Å². The molecular formula is C21H24F2N4O. The number of rotatable bonds is 7. The van der Waals surface area contributed by atoms with E-state index in [0.717, 1.165) is 44.5 Å². The molecule has 0 atom stereocenters. The highest BCUT2D eigenvalue weighted by molar-refractivity contribution is 5.74. The average molecular weight is 386 g/mol. The van der Waals surface area contributed by atoms with E-state index in [0.29, 0.717) is 12.6 Å². The van der Waals surface area contributed by atoms with Gasteiger partial charge in [-0.1, -0.05) is 36.3 Å². The lowest BCUT2D eigenvalue weighted by Crippen LogP contribution is -2.41. The lowest BCUT2D eigenvalue weighted by molar-refractivity contribution is 0.200. The van der Waals surface area contributed by atoms with Crippen molar-refractivity contribution in [3.63, 3.8) is 0 Å². The van der Waals surface area contributed by atoms with Crippen molar-refractivity contribution in [3.05, 3.63) is 65.2 Å². The van der Waals surface area contributed by atoms with E-state index in [2.05, 4.69) is 51.6 Å². The Morgan fingerprint density at radius 1 is 1.11 bits per heavy atom. The third-order valence-corrected chi connectivity index (χ3v) is 4.89. The molecule has 0 fully saturated rings. The summed E-state index contributed by atoms with van der Waals surface area (Å²) in [5.41, 5.74) is 2.89. The number of carbonyl (C=O) groups excluding carboxylic acids is 1. The van der Waals surface area contributed by atoms with E-state index in [9.17, 15) is 13.6 Å². The summed E-state index contributed by atoms with van der Waals surface area (Å²) in [6, 6.07) is 11.5. The van der Waals surface area contributed by atoms with E-state index in [1.54, 1.807) is 0 Å². The van der Waals surface area contributed by atoms with Gasteiger partial charge >= 0.3 is 6.03 Å². The fourth-order valence-corrected chi connectivity index (χ4v) is 3.55. The zero-order chi connectivity index (χ0) is 19.9. The van der Waals surface area contributed by atoms with E-state index in [4.69, 9.17) is 0 Å². The number of halogens is 2. The van der Waals surface area contributed by atoms with Crippen molar-refractivity contribution < 1.29 is 13.6 Å². The van der Waals surface area contributed by atoms with Crippen LogP contribution in [0, 0.1) is 11.6 Å². The normalized spacial score (nSPS) is 14.0. The van der Waals surface area contributed by atoms with Gasteiger partial charge < -0.3 is 5.32 Å². The highest BCUT2D eigenvalue weighted by Crippen LogP contribution is 2.25. The number of azo groups is 1. The maximum Gasteiger partial charge on any atom is 0.359 e. The first-order valence-electron chi connectivity index (χ1n) is 9.52. The van der Waals surface area contributed by atoms with Crippen molar-refractivity contribution in [1.29, 1.82) is 0 Å². The molecule has 2 aromatic rings. The fourth-order valence-electron chi connectivity index (χ4n) is 3.55. The van der Waals surface area contributed by atoms with E-state index >= 15 is 0 Å². The molecule has 1 aliphatic rings. The largest absolute Gasteiger partial charge is 0.359 e. The van der Waals surface area contributed by atoms with Crippen LogP contribution in [0.1, 0.15) is 24.5 Å². The van der Waals surface area contributed by atoms with Gasteiger partial charge in [-0.25, -0.2) is 13.6 Å². The summed E-state index contributed by atoms with van der Waals surface area (Å²) >= 11 is 0. The van der Waals surface area contributed by atoms with Crippen LogP contribution in [0.15, 0.2) is 52.7 Å². The molecule has 3 rings (SSSR count). The molecule has 1 aliphatic carbocycles. The van der Waals surface area contributed by atoms with Crippen LogP contribution < -0.4 is 5.32 Å². The molecule has 28 heavy (non-hydrogen) atoms. The van der Waals surface area contributed by atoms with Crippen molar-refractivity contribution in [1.82, 2.24) is 10.2 Å². The van der Waals surface area contributed by atoms with Crippen molar-refractivity contribution in [2.75, 3.05) is 19.6 Å². The van der Waals surface area contributed by atoms with E-state index in [1.165, 1.54) is 17.2 Å². The minimum Gasteiger partial charge on any atom is -0.334 e. The van der Waals surface area contributed by atoms with Crippen LogP contribution in [0.3, 0.4) is 0 Å². The number of nitrogens with zero attached hydrogens (tertiary/aromatic N) is 3. The van der Waals surface area contributed by atoms with Gasteiger partial charge in [0.1, 0.15) is 0 Å². The number of fused-ring (bicyclic) bond motifs is 1. The van der Waals surface area contributed by atoms with Crippen molar-refractivity contribution >= 4 is 11.7 Å². The molecule has 0 heterocycles. The fraction of sp³-hybridized carbons (Fsp3) is 0.381. The number of hydrogen-bond acceptors (Lipinski definition) is 3. The molecule has 0 saturated heterocycles. The summed E-state index contributed by atoms with van der Waals surface area (Å²) < 4.78 is 26.0. The third-order valence-electron chi connectivity index (χ3n) is 4.89. The molecule has 0 saturated carbocycles. The number of nitrogens with one attached hydrogen (secondary N) is 1. The molecule has 5 nitrogen and oxygen atoms in total. The standard InChI is InChI=1S/C21H24F2N4O/c1-2-10-27(18-12-15-5-3-4-6-16(15)13-18)11-9-24-21(28)26-25-17-7-8-19(22)20(23)14-17/h3-8,14,18H,2,9-13H2,1H3,(H,24,28). The Morgan fingerprint density at radius 2 is 1.82 bits per heavy atom. The molecule has 7 heteroatoms. The molecule has 2 amide bonds. The first-order chi connectivity index (χ1) is 13.6. The Labute approximate surface area is 163 Å². The predicted octanol–water partition coefficient (Wildman–Crippen LogP) is 4.64. The molecule has 0 aliphatic heterocycles.